The van der Waals surface area contributed by atoms with E-state index >= 15 is 0 Å². The average Bonchev–Trinajstić information content (AvgIpc) is 3.13. The van der Waals surface area contributed by atoms with Crippen LogP contribution in [-0.2, 0) is 14.4 Å². The van der Waals surface area contributed by atoms with E-state index in [1.807, 2.05) is 60.7 Å². The Morgan fingerprint density at radius 1 is 0.970 bits per heavy atom. The van der Waals surface area contributed by atoms with Crippen LogP contribution in [0, 0.1) is 10.1 Å². The molecule has 1 aliphatic rings. The molecule has 0 N–H and O–H groups in total. The molecule has 3 atom stereocenters. The van der Waals surface area contributed by atoms with Crippen molar-refractivity contribution >= 4 is 23.1 Å². The highest BCUT2D eigenvalue weighted by Gasteiger charge is 2.61. The Bertz CT molecular complexity index is 1170. The molecule has 3 aromatic rings. The van der Waals surface area contributed by atoms with Gasteiger partial charge in [0.05, 0.1) is 16.2 Å². The summed E-state index contributed by atoms with van der Waals surface area (Å²) >= 11 is 0. The summed E-state index contributed by atoms with van der Waals surface area (Å²) in [5.74, 6) is -1.15. The lowest BCUT2D eigenvalue weighted by molar-refractivity contribution is -0.384. The molecule has 0 aliphatic carbocycles. The standard InChI is InChI=1S/C25H22N2O6/c1-17(28)25(32-24(29)20-13-15-22(16-14-20)27(30)31)18(2)33-26(21-11-7-4-8-12-21)23(25)19-9-5-3-6-10-19/h3-16,18,23H,1-2H3/t18-,23-,25+/m0/s1. The third kappa shape index (κ3) is 3.96. The molecule has 4 rings (SSSR count). The van der Waals surface area contributed by atoms with Crippen molar-refractivity contribution in [3.8, 4) is 0 Å². The minimum Gasteiger partial charge on any atom is -0.442 e. The molecule has 0 radical (unpaired) electrons. The van der Waals surface area contributed by atoms with Crippen molar-refractivity contribution in [2.24, 2.45) is 0 Å². The Kier molecular flexibility index (Phi) is 5.93. The van der Waals surface area contributed by atoms with Crippen LogP contribution < -0.4 is 5.06 Å². The summed E-state index contributed by atoms with van der Waals surface area (Å²) in [4.78, 5) is 42.8. The molecule has 0 saturated carbocycles. The van der Waals surface area contributed by atoms with Gasteiger partial charge in [0.15, 0.2) is 5.78 Å². The highest BCUT2D eigenvalue weighted by molar-refractivity contribution is 5.95. The van der Waals surface area contributed by atoms with Gasteiger partial charge in [-0.15, -0.1) is 0 Å². The Morgan fingerprint density at radius 3 is 2.09 bits per heavy atom. The van der Waals surface area contributed by atoms with Gasteiger partial charge in [0.2, 0.25) is 5.60 Å². The van der Waals surface area contributed by atoms with Crippen LogP contribution in [0.25, 0.3) is 0 Å². The van der Waals surface area contributed by atoms with E-state index in [4.69, 9.17) is 9.57 Å². The molecule has 168 valence electrons. The summed E-state index contributed by atoms with van der Waals surface area (Å²) in [5.41, 5.74) is -0.276. The van der Waals surface area contributed by atoms with Crippen molar-refractivity contribution < 1.29 is 24.1 Å². The summed E-state index contributed by atoms with van der Waals surface area (Å²) in [7, 11) is 0. The van der Waals surface area contributed by atoms with E-state index in [2.05, 4.69) is 0 Å². The minimum absolute atomic E-state index is 0.0957. The SMILES string of the molecule is CC(=O)[C@@]1(OC(=O)c2ccc([N+](=O)[O-])cc2)[C@H](C)ON(c2ccccc2)[C@H]1c1ccccc1. The lowest BCUT2D eigenvalue weighted by atomic mass is 9.81. The van der Waals surface area contributed by atoms with E-state index < -0.39 is 28.6 Å². The average molecular weight is 446 g/mol. The topological polar surface area (TPSA) is 99.0 Å². The third-order valence-corrected chi connectivity index (χ3v) is 5.77. The second-order valence-corrected chi connectivity index (χ2v) is 7.76. The fourth-order valence-corrected chi connectivity index (χ4v) is 4.13. The maximum atomic E-state index is 13.2. The number of carbonyl (C=O) groups is 2. The molecule has 8 heteroatoms. The van der Waals surface area contributed by atoms with Gasteiger partial charge in [-0.2, -0.15) is 0 Å². The van der Waals surface area contributed by atoms with Crippen LogP contribution in [0.5, 0.6) is 0 Å². The second-order valence-electron chi connectivity index (χ2n) is 7.76. The van der Waals surface area contributed by atoms with Crippen molar-refractivity contribution in [3.63, 3.8) is 0 Å². The van der Waals surface area contributed by atoms with Crippen LogP contribution in [0.2, 0.25) is 0 Å². The number of nitro groups is 1. The summed E-state index contributed by atoms with van der Waals surface area (Å²) in [6, 6.07) is 22.8. The van der Waals surface area contributed by atoms with Crippen LogP contribution in [0.4, 0.5) is 11.4 Å². The van der Waals surface area contributed by atoms with Crippen molar-refractivity contribution in [1.82, 2.24) is 0 Å². The fraction of sp³-hybridized carbons (Fsp3) is 0.200. The number of rotatable bonds is 6. The number of Topliss-reactive ketones (excluding diaryl/α,β-unsaturated/α-hetero) is 1. The molecular formula is C25H22N2O6. The number of nitrogens with zero attached hydrogens (tertiary/aromatic N) is 2. The van der Waals surface area contributed by atoms with Crippen LogP contribution in [-0.4, -0.2) is 28.4 Å². The molecule has 1 saturated heterocycles. The number of nitro benzene ring substituents is 1. The first kappa shape index (κ1) is 22.2. The van der Waals surface area contributed by atoms with Gasteiger partial charge in [-0.25, -0.2) is 9.86 Å². The number of ketones is 1. The monoisotopic (exact) mass is 446 g/mol. The molecule has 1 fully saturated rings. The van der Waals surface area contributed by atoms with Crippen molar-refractivity contribution in [2.75, 3.05) is 5.06 Å². The van der Waals surface area contributed by atoms with E-state index in [0.29, 0.717) is 5.69 Å². The normalized spacial score (nSPS) is 22.1. The highest BCUT2D eigenvalue weighted by Crippen LogP contribution is 2.48. The predicted octanol–water partition coefficient (Wildman–Crippen LogP) is 4.66. The highest BCUT2D eigenvalue weighted by atomic mass is 16.7. The number of anilines is 1. The molecule has 3 aromatic carbocycles. The van der Waals surface area contributed by atoms with Crippen LogP contribution in [0.15, 0.2) is 84.9 Å². The van der Waals surface area contributed by atoms with Crippen molar-refractivity contribution in [3.05, 3.63) is 106 Å². The molecule has 8 nitrogen and oxygen atoms in total. The number of esters is 1. The number of benzene rings is 3. The van der Waals surface area contributed by atoms with Crippen LogP contribution in [0.1, 0.15) is 35.8 Å². The van der Waals surface area contributed by atoms with E-state index in [1.165, 1.54) is 31.2 Å². The first-order chi connectivity index (χ1) is 15.8. The minimum atomic E-state index is -1.66. The van der Waals surface area contributed by atoms with E-state index in [1.54, 1.807) is 12.0 Å². The maximum Gasteiger partial charge on any atom is 0.339 e. The van der Waals surface area contributed by atoms with Gasteiger partial charge in [-0.1, -0.05) is 48.5 Å². The quantitative estimate of drug-likeness (QED) is 0.308. The number of hydrogen-bond acceptors (Lipinski definition) is 7. The van der Waals surface area contributed by atoms with Gasteiger partial charge in [-0.05, 0) is 43.7 Å². The zero-order valence-corrected chi connectivity index (χ0v) is 18.1. The van der Waals surface area contributed by atoms with Gasteiger partial charge in [0.25, 0.3) is 5.69 Å². The van der Waals surface area contributed by atoms with Gasteiger partial charge in [-0.3, -0.25) is 19.7 Å². The summed E-state index contributed by atoms with van der Waals surface area (Å²) < 4.78 is 5.95. The van der Waals surface area contributed by atoms with E-state index in [0.717, 1.165) is 5.56 Å². The van der Waals surface area contributed by atoms with Gasteiger partial charge >= 0.3 is 5.97 Å². The summed E-state index contributed by atoms with van der Waals surface area (Å²) in [6.07, 6.45) is -0.803. The Labute approximate surface area is 190 Å². The first-order valence-corrected chi connectivity index (χ1v) is 10.4. The van der Waals surface area contributed by atoms with Gasteiger partial charge < -0.3 is 4.74 Å². The number of carbonyl (C=O) groups excluding carboxylic acids is 2. The van der Waals surface area contributed by atoms with E-state index in [9.17, 15) is 19.7 Å². The maximum absolute atomic E-state index is 13.2. The zero-order chi connectivity index (χ0) is 23.6. The molecule has 0 spiro atoms. The van der Waals surface area contributed by atoms with E-state index in [-0.39, 0.29) is 17.0 Å². The van der Waals surface area contributed by atoms with Crippen LogP contribution >= 0.6 is 0 Å². The number of ether oxygens (including phenoxy) is 1. The lowest BCUT2D eigenvalue weighted by Gasteiger charge is -2.35. The zero-order valence-electron chi connectivity index (χ0n) is 18.1. The number of hydrogen-bond donors (Lipinski definition) is 0. The lowest BCUT2D eigenvalue weighted by Crippen LogP contribution is -2.52. The molecule has 33 heavy (non-hydrogen) atoms. The predicted molar refractivity (Wildman–Crippen MR) is 121 cm³/mol. The number of para-hydroxylation sites is 1. The molecular weight excluding hydrogens is 424 g/mol. The number of hydroxylamine groups is 1. The first-order valence-electron chi connectivity index (χ1n) is 10.4. The molecule has 0 bridgehead atoms. The van der Waals surface area contributed by atoms with Gasteiger partial charge in [0, 0.05) is 12.1 Å². The second kappa shape index (κ2) is 8.84. The molecule has 1 aliphatic heterocycles. The Balaban J connectivity index is 1.79. The fourth-order valence-electron chi connectivity index (χ4n) is 4.13. The smallest absolute Gasteiger partial charge is 0.339 e. The molecule has 1 heterocycles. The summed E-state index contributed by atoms with van der Waals surface area (Å²) in [5, 5.41) is 12.5. The Hall–Kier alpha value is -4.04. The van der Waals surface area contributed by atoms with Crippen LogP contribution in [0.3, 0.4) is 0 Å². The molecule has 0 amide bonds. The Morgan fingerprint density at radius 2 is 1.55 bits per heavy atom. The molecule has 0 unspecified atom stereocenters. The molecule has 0 aromatic heterocycles. The van der Waals surface area contributed by atoms with Gasteiger partial charge in [0.1, 0.15) is 12.1 Å². The summed E-state index contributed by atoms with van der Waals surface area (Å²) in [6.45, 7) is 3.05. The van der Waals surface area contributed by atoms with Crippen molar-refractivity contribution in [1.29, 1.82) is 0 Å². The third-order valence-electron chi connectivity index (χ3n) is 5.77. The largest absolute Gasteiger partial charge is 0.442 e. The van der Waals surface area contributed by atoms with Crippen molar-refractivity contribution in [2.45, 2.75) is 31.6 Å². The number of non-ortho nitro benzene ring substituents is 1.